The first-order valence-corrected chi connectivity index (χ1v) is 17.9. The number of halogens is 1. The van der Waals surface area contributed by atoms with Crippen LogP contribution in [0, 0.1) is 25.6 Å². The molecule has 0 saturated carbocycles. The fraction of sp³-hybridized carbons (Fsp3) is 0.447. The number of hydrogen-bond acceptors (Lipinski definition) is 9. The van der Waals surface area contributed by atoms with Crippen molar-refractivity contribution in [3.63, 3.8) is 0 Å². The molecule has 1 saturated heterocycles. The normalized spacial score (nSPS) is 17.9. The quantitative estimate of drug-likeness (QED) is 0.275. The average molecular weight is 729 g/mol. The van der Waals surface area contributed by atoms with Gasteiger partial charge in [0, 0.05) is 61.2 Å². The number of nitrogens with zero attached hydrogens (tertiary/aromatic N) is 6. The molecular formula is C38H45FN8O6. The largest absolute Gasteiger partial charge is 0.457 e. The van der Waals surface area contributed by atoms with Crippen LogP contribution in [0.4, 0.5) is 4.39 Å². The number of likely N-dealkylation sites (tertiary alicyclic amines) is 1. The van der Waals surface area contributed by atoms with Crippen molar-refractivity contribution < 1.29 is 33.0 Å². The van der Waals surface area contributed by atoms with Crippen molar-refractivity contribution in [2.24, 2.45) is 5.92 Å². The third-order valence-corrected chi connectivity index (χ3v) is 9.38. The summed E-state index contributed by atoms with van der Waals surface area (Å²) >= 11 is 0. The van der Waals surface area contributed by atoms with E-state index >= 15 is 0 Å². The van der Waals surface area contributed by atoms with Crippen LogP contribution < -0.4 is 15.4 Å². The summed E-state index contributed by atoms with van der Waals surface area (Å²) in [6.07, 6.45) is 2.01. The van der Waals surface area contributed by atoms with Crippen molar-refractivity contribution in [1.82, 2.24) is 40.0 Å². The topological polar surface area (TPSA) is 160 Å². The second-order valence-corrected chi connectivity index (χ2v) is 14.0. The molecule has 14 nitrogen and oxygen atoms in total. The van der Waals surface area contributed by atoms with Gasteiger partial charge in [0.25, 0.3) is 17.6 Å². The maximum atomic E-state index is 14.9. The van der Waals surface area contributed by atoms with Gasteiger partial charge in [-0.15, -0.1) is 0 Å². The first-order chi connectivity index (χ1) is 25.4. The third kappa shape index (κ3) is 8.79. The summed E-state index contributed by atoms with van der Waals surface area (Å²) in [4.78, 5) is 66.1. The minimum absolute atomic E-state index is 0.0293. The number of ether oxygens (including phenoxy) is 2. The monoisotopic (exact) mass is 728 g/mol. The molecule has 4 aromatic rings. The number of rotatable bonds is 8. The molecule has 2 atom stereocenters. The molecular weight excluding hydrogens is 683 g/mol. The van der Waals surface area contributed by atoms with E-state index in [1.54, 1.807) is 15.5 Å². The number of fused-ring (bicyclic) bond motifs is 6. The maximum absolute atomic E-state index is 14.9. The molecule has 0 aliphatic carbocycles. The SMILES string of the molecule is CCCN1CC(=O)N[C@@H]2CN(C(=O)CCc3c(C)nc4ncnn4c3C)C[C@H]2OCc2cc(F)cc(c2)Oc2cc(C(=O)NCC(C)C)cc(c2)C1=O. The minimum Gasteiger partial charge on any atom is -0.457 e. The van der Waals surface area contributed by atoms with E-state index < -0.39 is 35.7 Å². The zero-order valence-corrected chi connectivity index (χ0v) is 30.6. The highest BCUT2D eigenvalue weighted by Gasteiger charge is 2.37. The van der Waals surface area contributed by atoms with Crippen LogP contribution in [0.3, 0.4) is 0 Å². The molecule has 2 aliphatic heterocycles. The predicted octanol–water partition coefficient (Wildman–Crippen LogP) is 3.77. The zero-order valence-electron chi connectivity index (χ0n) is 30.6. The van der Waals surface area contributed by atoms with Gasteiger partial charge in [0.15, 0.2) is 0 Å². The number of nitrogens with one attached hydrogen (secondary N) is 2. The van der Waals surface area contributed by atoms with Gasteiger partial charge in [-0.05, 0) is 74.1 Å². The Hall–Kier alpha value is -5.44. The Labute approximate surface area is 307 Å². The number of benzene rings is 2. The number of aryl methyl sites for hydroxylation is 2. The summed E-state index contributed by atoms with van der Waals surface area (Å²) in [6.45, 7) is 10.4. The second-order valence-electron chi connectivity index (χ2n) is 14.0. The van der Waals surface area contributed by atoms with Gasteiger partial charge in [0.1, 0.15) is 23.6 Å². The Kier molecular flexibility index (Phi) is 11.3. The number of carbonyl (C=O) groups is 4. The van der Waals surface area contributed by atoms with Gasteiger partial charge in [-0.3, -0.25) is 19.2 Å². The van der Waals surface area contributed by atoms with Gasteiger partial charge in [-0.2, -0.15) is 10.1 Å². The molecule has 4 heterocycles. The van der Waals surface area contributed by atoms with Crippen LogP contribution in [0.25, 0.3) is 5.78 Å². The van der Waals surface area contributed by atoms with E-state index in [4.69, 9.17) is 9.47 Å². The van der Waals surface area contributed by atoms with Gasteiger partial charge in [-0.25, -0.2) is 13.9 Å². The lowest BCUT2D eigenvalue weighted by molar-refractivity contribution is -0.130. The van der Waals surface area contributed by atoms with Crippen LogP contribution in [0.5, 0.6) is 11.5 Å². The van der Waals surface area contributed by atoms with E-state index in [2.05, 4.69) is 25.7 Å². The third-order valence-electron chi connectivity index (χ3n) is 9.38. The highest BCUT2D eigenvalue weighted by molar-refractivity contribution is 6.01. The lowest BCUT2D eigenvalue weighted by atomic mass is 10.1. The molecule has 0 spiro atoms. The summed E-state index contributed by atoms with van der Waals surface area (Å²) in [5.41, 5.74) is 3.33. The lowest BCUT2D eigenvalue weighted by Crippen LogP contribution is -2.49. The molecule has 15 heteroatoms. The van der Waals surface area contributed by atoms with E-state index in [0.29, 0.717) is 30.7 Å². The smallest absolute Gasteiger partial charge is 0.254 e. The van der Waals surface area contributed by atoms with Gasteiger partial charge in [0.2, 0.25) is 11.8 Å². The molecule has 6 rings (SSSR count). The van der Waals surface area contributed by atoms with Crippen molar-refractivity contribution in [3.05, 3.63) is 82.2 Å². The minimum atomic E-state index is -0.616. The molecule has 2 aromatic heterocycles. The zero-order chi connectivity index (χ0) is 37.8. The number of hydrogen-bond donors (Lipinski definition) is 2. The Morgan fingerprint density at radius 2 is 1.87 bits per heavy atom. The summed E-state index contributed by atoms with van der Waals surface area (Å²) in [5, 5.41) is 10.1. The average Bonchev–Trinajstić information content (AvgIpc) is 3.75. The summed E-state index contributed by atoms with van der Waals surface area (Å²) < 4.78 is 28.9. The van der Waals surface area contributed by atoms with Crippen molar-refractivity contribution in [2.75, 3.05) is 32.7 Å². The van der Waals surface area contributed by atoms with E-state index in [0.717, 1.165) is 17.0 Å². The van der Waals surface area contributed by atoms with Crippen molar-refractivity contribution >= 4 is 29.4 Å². The lowest BCUT2D eigenvalue weighted by Gasteiger charge is -2.25. The molecule has 2 N–H and O–H groups in total. The molecule has 4 bridgehead atoms. The first kappa shape index (κ1) is 37.3. The van der Waals surface area contributed by atoms with Crippen molar-refractivity contribution in [3.8, 4) is 11.5 Å². The standard InChI is InChI=1S/C38H45FN8O6/c1-6-9-45-19-34(48)44-32-17-46(35(49)8-7-31-23(4)43-38-41-21-42-47(38)24(31)5)18-33(32)52-20-25-10-28(39)15-29(11-25)53-30-13-26(12-27(14-30)37(45)51)36(50)40-16-22(2)3/h10-15,21-22,32-33H,6-9,16-20H2,1-5H3,(H,40,50)(H,44,48)/t32-,33-/m1/s1. The number of aromatic nitrogens is 4. The fourth-order valence-electron chi connectivity index (χ4n) is 6.74. The highest BCUT2D eigenvalue weighted by atomic mass is 19.1. The Morgan fingerprint density at radius 3 is 2.64 bits per heavy atom. The Balaban J connectivity index is 1.26. The van der Waals surface area contributed by atoms with Gasteiger partial charge >= 0.3 is 0 Å². The van der Waals surface area contributed by atoms with Gasteiger partial charge in [0.05, 0.1) is 25.3 Å². The molecule has 0 unspecified atom stereocenters. The number of amides is 4. The molecule has 4 amide bonds. The second kappa shape index (κ2) is 16.1. The predicted molar refractivity (Wildman–Crippen MR) is 192 cm³/mol. The molecule has 1 fully saturated rings. The molecule has 2 aliphatic rings. The van der Waals surface area contributed by atoms with Crippen LogP contribution in [0.15, 0.2) is 42.7 Å². The Bertz CT molecular complexity index is 2030. The van der Waals surface area contributed by atoms with Gasteiger partial charge < -0.3 is 29.9 Å². The summed E-state index contributed by atoms with van der Waals surface area (Å²) in [7, 11) is 0. The van der Waals surface area contributed by atoms with Crippen molar-refractivity contribution in [2.45, 2.75) is 72.6 Å². The number of carbonyl (C=O) groups excluding carboxylic acids is 4. The Morgan fingerprint density at radius 1 is 1.08 bits per heavy atom. The summed E-state index contributed by atoms with van der Waals surface area (Å²) in [6, 6.07) is 7.99. The van der Waals surface area contributed by atoms with Crippen LogP contribution in [0.1, 0.15) is 76.8 Å². The van der Waals surface area contributed by atoms with Crippen LogP contribution >= 0.6 is 0 Å². The highest BCUT2D eigenvalue weighted by Crippen LogP contribution is 2.28. The fourth-order valence-corrected chi connectivity index (χ4v) is 6.74. The molecule has 280 valence electrons. The van der Waals surface area contributed by atoms with Crippen LogP contribution in [0.2, 0.25) is 0 Å². The van der Waals surface area contributed by atoms with E-state index in [1.165, 1.54) is 41.6 Å². The van der Waals surface area contributed by atoms with E-state index in [9.17, 15) is 23.6 Å². The van der Waals surface area contributed by atoms with E-state index in [-0.39, 0.29) is 73.7 Å². The van der Waals surface area contributed by atoms with E-state index in [1.807, 2.05) is 34.6 Å². The molecule has 53 heavy (non-hydrogen) atoms. The first-order valence-electron chi connectivity index (χ1n) is 17.9. The molecule has 0 radical (unpaired) electrons. The van der Waals surface area contributed by atoms with Crippen LogP contribution in [-0.2, 0) is 27.4 Å². The maximum Gasteiger partial charge on any atom is 0.254 e. The summed E-state index contributed by atoms with van der Waals surface area (Å²) in [5.74, 6) is -1.01. The van der Waals surface area contributed by atoms with Gasteiger partial charge in [-0.1, -0.05) is 20.8 Å². The molecule has 2 aromatic carbocycles. The van der Waals surface area contributed by atoms with Crippen LogP contribution in [-0.4, -0.2) is 97.9 Å². The van der Waals surface area contributed by atoms with Crippen molar-refractivity contribution in [1.29, 1.82) is 0 Å².